The molecule has 14 heavy (non-hydrogen) atoms. The highest BCUT2D eigenvalue weighted by Crippen LogP contribution is 2.19. The van der Waals surface area contributed by atoms with Gasteiger partial charge >= 0.3 is 0 Å². The van der Waals surface area contributed by atoms with Crippen molar-refractivity contribution in [3.63, 3.8) is 0 Å². The summed E-state index contributed by atoms with van der Waals surface area (Å²) in [5.74, 6) is 0. The Morgan fingerprint density at radius 3 is 2.07 bits per heavy atom. The molecule has 0 radical (unpaired) electrons. The van der Waals surface area contributed by atoms with Crippen molar-refractivity contribution in [2.75, 3.05) is 19.6 Å². The quantitative estimate of drug-likeness (QED) is 0.437. The molecule has 1 atom stereocenters. The molecule has 0 aliphatic carbocycles. The van der Waals surface area contributed by atoms with Crippen molar-refractivity contribution in [3.05, 3.63) is 25.3 Å². The Hall–Kier alpha value is -0.890. The number of aldehydes is 1. The molecule has 0 heterocycles. The molecular formula is C12H21NO. The molecule has 2 nitrogen and oxygen atoms in total. The molecule has 0 amide bonds. The number of carbonyl (C=O) groups is 1. The van der Waals surface area contributed by atoms with E-state index in [0.717, 1.165) is 32.3 Å². The lowest BCUT2D eigenvalue weighted by Gasteiger charge is -2.29. The zero-order valence-electron chi connectivity index (χ0n) is 9.33. The minimum atomic E-state index is -0.244. The van der Waals surface area contributed by atoms with Gasteiger partial charge in [0, 0.05) is 25.0 Å². The Bertz CT molecular complexity index is 190. The first-order valence-corrected chi connectivity index (χ1v) is 5.02. The van der Waals surface area contributed by atoms with Crippen molar-refractivity contribution in [2.24, 2.45) is 5.41 Å². The van der Waals surface area contributed by atoms with Gasteiger partial charge in [-0.2, -0.15) is 0 Å². The largest absolute Gasteiger partial charge is 0.303 e. The van der Waals surface area contributed by atoms with E-state index in [-0.39, 0.29) is 5.41 Å². The molecule has 0 spiro atoms. The van der Waals surface area contributed by atoms with Crippen LogP contribution in [-0.4, -0.2) is 30.8 Å². The summed E-state index contributed by atoms with van der Waals surface area (Å²) in [6, 6.07) is 0. The van der Waals surface area contributed by atoms with E-state index in [4.69, 9.17) is 0 Å². The highest BCUT2D eigenvalue weighted by molar-refractivity contribution is 5.58. The van der Waals surface area contributed by atoms with Crippen molar-refractivity contribution in [2.45, 2.75) is 20.3 Å². The van der Waals surface area contributed by atoms with Crippen molar-refractivity contribution >= 4 is 6.29 Å². The van der Waals surface area contributed by atoms with Crippen molar-refractivity contribution in [3.8, 4) is 0 Å². The van der Waals surface area contributed by atoms with Gasteiger partial charge in [-0.1, -0.05) is 26.0 Å². The molecule has 0 aliphatic heterocycles. The normalized spacial score (nSPS) is 14.8. The summed E-state index contributed by atoms with van der Waals surface area (Å²) in [7, 11) is 0. The Kier molecular flexibility index (Phi) is 6.13. The van der Waals surface area contributed by atoms with Gasteiger partial charge in [0.25, 0.3) is 0 Å². The number of nitrogens with zero attached hydrogens (tertiary/aromatic N) is 1. The third-order valence-electron chi connectivity index (χ3n) is 2.45. The molecule has 80 valence electrons. The van der Waals surface area contributed by atoms with Crippen LogP contribution in [0.2, 0.25) is 0 Å². The number of carbonyl (C=O) groups excluding carboxylic acids is 1. The summed E-state index contributed by atoms with van der Waals surface area (Å²) in [5, 5.41) is 0. The fourth-order valence-electron chi connectivity index (χ4n) is 1.31. The SMILES string of the molecule is C=CCN(CC=C)CC(C)(C=O)CC. The zero-order valence-corrected chi connectivity index (χ0v) is 9.33. The van der Waals surface area contributed by atoms with Crippen molar-refractivity contribution in [1.82, 2.24) is 4.90 Å². The second kappa shape index (κ2) is 6.55. The van der Waals surface area contributed by atoms with Crippen LogP contribution in [0.15, 0.2) is 25.3 Å². The molecule has 0 fully saturated rings. The minimum absolute atomic E-state index is 0.244. The van der Waals surface area contributed by atoms with Crippen LogP contribution in [0.3, 0.4) is 0 Å². The maximum absolute atomic E-state index is 10.9. The first kappa shape index (κ1) is 13.1. The molecule has 0 aromatic heterocycles. The lowest BCUT2D eigenvalue weighted by Crippen LogP contribution is -2.37. The second-order valence-electron chi connectivity index (χ2n) is 3.90. The van der Waals surface area contributed by atoms with Crippen LogP contribution in [0, 0.1) is 5.41 Å². The first-order valence-electron chi connectivity index (χ1n) is 5.02. The van der Waals surface area contributed by atoms with E-state index in [1.807, 2.05) is 26.0 Å². The monoisotopic (exact) mass is 195 g/mol. The standard InChI is InChI=1S/C12H21NO/c1-5-8-13(9-6-2)10-12(4,7-3)11-14/h5-6,11H,1-2,7-10H2,3-4H3. The van der Waals surface area contributed by atoms with E-state index in [1.54, 1.807) is 0 Å². The van der Waals surface area contributed by atoms with Crippen LogP contribution in [0.4, 0.5) is 0 Å². The van der Waals surface area contributed by atoms with Crippen LogP contribution in [-0.2, 0) is 4.79 Å². The molecule has 0 saturated carbocycles. The minimum Gasteiger partial charge on any atom is -0.303 e. The van der Waals surface area contributed by atoms with E-state index < -0.39 is 0 Å². The van der Waals surface area contributed by atoms with Crippen LogP contribution in [0.1, 0.15) is 20.3 Å². The van der Waals surface area contributed by atoms with Gasteiger partial charge < -0.3 is 4.79 Å². The van der Waals surface area contributed by atoms with Crippen LogP contribution < -0.4 is 0 Å². The molecule has 2 heteroatoms. The topological polar surface area (TPSA) is 20.3 Å². The highest BCUT2D eigenvalue weighted by Gasteiger charge is 2.23. The fraction of sp³-hybridized carbons (Fsp3) is 0.583. The van der Waals surface area contributed by atoms with Gasteiger partial charge in [0.1, 0.15) is 6.29 Å². The van der Waals surface area contributed by atoms with Gasteiger partial charge in [-0.3, -0.25) is 4.90 Å². The summed E-state index contributed by atoms with van der Waals surface area (Å²) < 4.78 is 0. The Balaban J connectivity index is 4.30. The smallest absolute Gasteiger partial charge is 0.127 e. The first-order chi connectivity index (χ1) is 6.61. The van der Waals surface area contributed by atoms with Gasteiger partial charge in [0.15, 0.2) is 0 Å². The number of hydrogen-bond acceptors (Lipinski definition) is 2. The summed E-state index contributed by atoms with van der Waals surface area (Å²) in [6.07, 6.45) is 5.61. The lowest BCUT2D eigenvalue weighted by atomic mass is 9.89. The zero-order chi connectivity index (χ0) is 11.0. The summed E-state index contributed by atoms with van der Waals surface area (Å²) >= 11 is 0. The van der Waals surface area contributed by atoms with Gasteiger partial charge in [0.05, 0.1) is 0 Å². The fourth-order valence-corrected chi connectivity index (χ4v) is 1.31. The number of rotatable bonds is 8. The average molecular weight is 195 g/mol. The van der Waals surface area contributed by atoms with E-state index in [2.05, 4.69) is 18.1 Å². The molecule has 0 rings (SSSR count). The lowest BCUT2D eigenvalue weighted by molar-refractivity contribution is -0.116. The third kappa shape index (κ3) is 4.38. The molecule has 1 unspecified atom stereocenters. The van der Waals surface area contributed by atoms with Gasteiger partial charge in [-0.05, 0) is 6.42 Å². The third-order valence-corrected chi connectivity index (χ3v) is 2.45. The molecular weight excluding hydrogens is 174 g/mol. The van der Waals surface area contributed by atoms with Gasteiger partial charge in [-0.15, -0.1) is 13.2 Å². The van der Waals surface area contributed by atoms with E-state index in [1.165, 1.54) is 0 Å². The van der Waals surface area contributed by atoms with Crippen molar-refractivity contribution in [1.29, 1.82) is 0 Å². The van der Waals surface area contributed by atoms with E-state index in [9.17, 15) is 4.79 Å². The van der Waals surface area contributed by atoms with Crippen molar-refractivity contribution < 1.29 is 4.79 Å². The van der Waals surface area contributed by atoms with Crippen LogP contribution in [0.5, 0.6) is 0 Å². The average Bonchev–Trinajstić information content (AvgIpc) is 2.18. The van der Waals surface area contributed by atoms with Gasteiger partial charge in [-0.25, -0.2) is 0 Å². The van der Waals surface area contributed by atoms with Crippen LogP contribution in [0.25, 0.3) is 0 Å². The Morgan fingerprint density at radius 2 is 1.79 bits per heavy atom. The predicted molar refractivity (Wildman–Crippen MR) is 61.3 cm³/mol. The summed E-state index contributed by atoms with van der Waals surface area (Å²) in [5.41, 5.74) is -0.244. The number of hydrogen-bond donors (Lipinski definition) is 0. The molecule has 0 saturated heterocycles. The molecule has 0 aromatic rings. The molecule has 0 N–H and O–H groups in total. The predicted octanol–water partition coefficient (Wildman–Crippen LogP) is 2.28. The molecule has 0 aliphatic rings. The maximum Gasteiger partial charge on any atom is 0.127 e. The highest BCUT2D eigenvalue weighted by atomic mass is 16.1. The Labute approximate surface area is 87.3 Å². The molecule has 0 aromatic carbocycles. The summed E-state index contributed by atoms with van der Waals surface area (Å²) in [6.45, 7) is 13.8. The van der Waals surface area contributed by atoms with E-state index in [0.29, 0.717) is 0 Å². The van der Waals surface area contributed by atoms with Gasteiger partial charge in [0.2, 0.25) is 0 Å². The van der Waals surface area contributed by atoms with Crippen LogP contribution >= 0.6 is 0 Å². The second-order valence-corrected chi connectivity index (χ2v) is 3.90. The summed E-state index contributed by atoms with van der Waals surface area (Å²) in [4.78, 5) is 13.1. The molecule has 0 bridgehead atoms. The Morgan fingerprint density at radius 1 is 1.29 bits per heavy atom. The maximum atomic E-state index is 10.9. The van der Waals surface area contributed by atoms with E-state index >= 15 is 0 Å².